The Balaban J connectivity index is 1.93. The summed E-state index contributed by atoms with van der Waals surface area (Å²) in [4.78, 5) is 4.24. The van der Waals surface area contributed by atoms with E-state index in [0.29, 0.717) is 5.41 Å². The number of fused-ring (bicyclic) bond motifs is 1. The third-order valence-corrected chi connectivity index (χ3v) is 4.88. The molecule has 0 aliphatic heterocycles. The zero-order valence-electron chi connectivity index (χ0n) is 12.8. The molecule has 0 aromatic heterocycles. The number of allylic oxidation sites excluding steroid dienone is 4. The molecule has 0 amide bonds. The van der Waals surface area contributed by atoms with E-state index in [1.807, 2.05) is 25.4 Å². The van der Waals surface area contributed by atoms with Gasteiger partial charge in [-0.3, -0.25) is 4.99 Å². The van der Waals surface area contributed by atoms with Crippen LogP contribution in [0.4, 0.5) is 4.39 Å². The largest absolute Gasteiger partial charge is 0.296 e. The highest BCUT2D eigenvalue weighted by molar-refractivity contribution is 5.81. The molecule has 2 aliphatic rings. The zero-order chi connectivity index (χ0) is 14.9. The fraction of sp³-hybridized carbons (Fsp3) is 0.421. The maximum atomic E-state index is 13.0. The summed E-state index contributed by atoms with van der Waals surface area (Å²) < 4.78 is 13.0. The van der Waals surface area contributed by atoms with Crippen molar-refractivity contribution in [2.75, 3.05) is 7.05 Å². The van der Waals surface area contributed by atoms with Crippen LogP contribution in [-0.4, -0.2) is 13.3 Å². The van der Waals surface area contributed by atoms with Gasteiger partial charge >= 0.3 is 0 Å². The molecule has 0 saturated heterocycles. The summed E-state index contributed by atoms with van der Waals surface area (Å²) in [6.45, 7) is 2.38. The smallest absolute Gasteiger partial charge is 0.123 e. The van der Waals surface area contributed by atoms with Gasteiger partial charge in [0.2, 0.25) is 0 Å². The topological polar surface area (TPSA) is 12.4 Å². The Morgan fingerprint density at radius 2 is 2.05 bits per heavy atom. The molecule has 3 rings (SSSR count). The van der Waals surface area contributed by atoms with E-state index in [1.54, 1.807) is 17.7 Å². The second-order valence-electron chi connectivity index (χ2n) is 6.50. The first-order chi connectivity index (χ1) is 10.1. The maximum Gasteiger partial charge on any atom is 0.123 e. The van der Waals surface area contributed by atoms with E-state index < -0.39 is 0 Å². The Morgan fingerprint density at radius 3 is 2.76 bits per heavy atom. The summed E-state index contributed by atoms with van der Waals surface area (Å²) in [6.07, 6.45) is 10.1. The van der Waals surface area contributed by atoms with E-state index in [2.05, 4.69) is 18.0 Å². The number of nitrogens with zero attached hydrogens (tertiary/aromatic N) is 1. The van der Waals surface area contributed by atoms with Gasteiger partial charge in [0, 0.05) is 13.3 Å². The third-order valence-electron chi connectivity index (χ3n) is 4.88. The first-order valence-electron chi connectivity index (χ1n) is 7.70. The van der Waals surface area contributed by atoms with Crippen LogP contribution in [-0.2, 0) is 6.42 Å². The van der Waals surface area contributed by atoms with Crippen molar-refractivity contribution in [1.29, 1.82) is 0 Å². The number of rotatable bonds is 3. The van der Waals surface area contributed by atoms with Crippen molar-refractivity contribution >= 4 is 6.21 Å². The lowest BCUT2D eigenvalue weighted by Crippen LogP contribution is -2.20. The predicted molar refractivity (Wildman–Crippen MR) is 86.2 cm³/mol. The highest BCUT2D eigenvalue weighted by atomic mass is 19.1. The molecular weight excluding hydrogens is 261 g/mol. The lowest BCUT2D eigenvalue weighted by atomic mass is 9.73. The molecule has 1 saturated carbocycles. The summed E-state index contributed by atoms with van der Waals surface area (Å²) in [5.74, 6) is -0.173. The van der Waals surface area contributed by atoms with Crippen LogP contribution in [0.1, 0.15) is 38.2 Å². The van der Waals surface area contributed by atoms with Crippen molar-refractivity contribution in [3.63, 3.8) is 0 Å². The molecule has 0 spiro atoms. The normalized spacial score (nSPS) is 25.4. The zero-order valence-corrected chi connectivity index (χ0v) is 12.8. The maximum absolute atomic E-state index is 13.0. The van der Waals surface area contributed by atoms with E-state index in [0.717, 1.165) is 18.4 Å². The molecule has 1 atom stereocenters. The van der Waals surface area contributed by atoms with E-state index in [-0.39, 0.29) is 5.82 Å². The molecule has 1 unspecified atom stereocenters. The van der Waals surface area contributed by atoms with Gasteiger partial charge < -0.3 is 0 Å². The van der Waals surface area contributed by atoms with Crippen LogP contribution in [0, 0.1) is 11.2 Å². The molecule has 0 heterocycles. The number of hydrogen-bond acceptors (Lipinski definition) is 1. The van der Waals surface area contributed by atoms with Gasteiger partial charge in [-0.2, -0.15) is 0 Å². The van der Waals surface area contributed by atoms with Crippen molar-refractivity contribution in [2.45, 2.75) is 39.0 Å². The van der Waals surface area contributed by atoms with E-state index in [4.69, 9.17) is 0 Å². The Kier molecular flexibility index (Phi) is 3.79. The van der Waals surface area contributed by atoms with Crippen LogP contribution in [0.2, 0.25) is 0 Å². The summed E-state index contributed by atoms with van der Waals surface area (Å²) in [7, 11) is 1.83. The number of hydrogen-bond donors (Lipinski definition) is 0. The van der Waals surface area contributed by atoms with Gasteiger partial charge in [-0.25, -0.2) is 4.39 Å². The van der Waals surface area contributed by atoms with Crippen LogP contribution in [0.5, 0.6) is 0 Å². The summed E-state index contributed by atoms with van der Waals surface area (Å²) in [5.41, 5.74) is 5.78. The minimum absolute atomic E-state index is 0.173. The lowest BCUT2D eigenvalue weighted by molar-refractivity contribution is 0.405. The van der Waals surface area contributed by atoms with Crippen molar-refractivity contribution in [3.05, 3.63) is 58.4 Å². The molecule has 0 radical (unpaired) electrons. The fourth-order valence-corrected chi connectivity index (χ4v) is 3.69. The minimum atomic E-state index is -0.173. The monoisotopic (exact) mass is 283 g/mol. The van der Waals surface area contributed by atoms with Gasteiger partial charge in [-0.05, 0) is 66.4 Å². The Hall–Kier alpha value is -1.70. The lowest BCUT2D eigenvalue weighted by Gasteiger charge is -2.32. The van der Waals surface area contributed by atoms with Crippen molar-refractivity contribution in [2.24, 2.45) is 10.4 Å². The molecule has 21 heavy (non-hydrogen) atoms. The van der Waals surface area contributed by atoms with Crippen LogP contribution in [0.3, 0.4) is 0 Å². The fourth-order valence-electron chi connectivity index (χ4n) is 3.69. The third kappa shape index (κ3) is 2.85. The Bertz CT molecular complexity index is 621. The Morgan fingerprint density at radius 1 is 1.29 bits per heavy atom. The standard InChI is InChI=1S/C19H22FN/c1-19-9-3-4-17(19)11-15(16(12-19)13-21-2)10-14-5-7-18(20)8-6-14/h5-8,11,13H,3-4,9-10,12H2,1-2H3. The quantitative estimate of drug-likeness (QED) is 0.701. The van der Waals surface area contributed by atoms with Gasteiger partial charge in [-0.1, -0.05) is 30.7 Å². The van der Waals surface area contributed by atoms with Crippen molar-refractivity contribution in [1.82, 2.24) is 0 Å². The van der Waals surface area contributed by atoms with E-state index >= 15 is 0 Å². The first kappa shape index (κ1) is 14.2. The molecular formula is C19H22FN. The SMILES string of the molecule is CN=CC1=C(Cc2ccc(F)cc2)C=C2CCCC2(C)C1. The molecule has 1 aromatic rings. The minimum Gasteiger partial charge on any atom is -0.296 e. The summed E-state index contributed by atoms with van der Waals surface area (Å²) in [6, 6.07) is 6.84. The molecule has 110 valence electrons. The first-order valence-corrected chi connectivity index (χ1v) is 7.70. The molecule has 0 bridgehead atoms. The summed E-state index contributed by atoms with van der Waals surface area (Å²) in [5, 5.41) is 0. The summed E-state index contributed by atoms with van der Waals surface area (Å²) >= 11 is 0. The van der Waals surface area contributed by atoms with Gasteiger partial charge in [-0.15, -0.1) is 0 Å². The number of halogens is 1. The highest BCUT2D eigenvalue weighted by Gasteiger charge is 2.37. The van der Waals surface area contributed by atoms with Crippen LogP contribution >= 0.6 is 0 Å². The van der Waals surface area contributed by atoms with Crippen LogP contribution < -0.4 is 0 Å². The van der Waals surface area contributed by atoms with Crippen molar-refractivity contribution in [3.8, 4) is 0 Å². The van der Waals surface area contributed by atoms with Crippen LogP contribution in [0.15, 0.2) is 52.1 Å². The number of benzene rings is 1. The Labute approximate surface area is 126 Å². The highest BCUT2D eigenvalue weighted by Crippen LogP contribution is 2.50. The molecule has 1 aromatic carbocycles. The van der Waals surface area contributed by atoms with Crippen LogP contribution in [0.25, 0.3) is 0 Å². The predicted octanol–water partition coefficient (Wildman–Crippen LogP) is 4.89. The molecule has 1 nitrogen and oxygen atoms in total. The molecule has 2 heteroatoms. The van der Waals surface area contributed by atoms with Gasteiger partial charge in [0.05, 0.1) is 0 Å². The second-order valence-corrected chi connectivity index (χ2v) is 6.50. The van der Waals surface area contributed by atoms with Gasteiger partial charge in [0.25, 0.3) is 0 Å². The van der Waals surface area contributed by atoms with Gasteiger partial charge in [0.15, 0.2) is 0 Å². The molecule has 2 aliphatic carbocycles. The average molecular weight is 283 g/mol. The van der Waals surface area contributed by atoms with Crippen molar-refractivity contribution < 1.29 is 4.39 Å². The second kappa shape index (κ2) is 5.59. The van der Waals surface area contributed by atoms with Gasteiger partial charge in [0.1, 0.15) is 5.82 Å². The molecule has 0 N–H and O–H groups in total. The molecule has 1 fully saturated rings. The number of aliphatic imine (C=N–C) groups is 1. The van der Waals surface area contributed by atoms with E-state index in [1.165, 1.54) is 30.4 Å². The van der Waals surface area contributed by atoms with E-state index in [9.17, 15) is 4.39 Å². The average Bonchev–Trinajstić information content (AvgIpc) is 2.82.